The lowest BCUT2D eigenvalue weighted by Crippen LogP contribution is -1.95. The SMILES string of the molecule is N=C1SNc2ccccc2-c2ccccc21. The third kappa shape index (κ3) is 1.41. The van der Waals surface area contributed by atoms with Gasteiger partial charge in [-0.2, -0.15) is 0 Å². The Morgan fingerprint density at radius 2 is 1.44 bits per heavy atom. The first-order valence-electron chi connectivity index (χ1n) is 5.06. The van der Waals surface area contributed by atoms with Crippen molar-refractivity contribution in [3.63, 3.8) is 0 Å². The summed E-state index contributed by atoms with van der Waals surface area (Å²) >= 11 is 1.36. The maximum Gasteiger partial charge on any atom is 0.116 e. The molecule has 1 aliphatic rings. The standard InChI is InChI=1S/C13H10N2S/c14-13-11-7-2-1-5-9(11)10-6-3-4-8-12(10)15-16-13/h1-8,14-15H. The molecule has 2 nitrogen and oxygen atoms in total. The van der Waals surface area contributed by atoms with Crippen LogP contribution in [-0.2, 0) is 0 Å². The molecule has 3 heteroatoms. The monoisotopic (exact) mass is 226 g/mol. The summed E-state index contributed by atoms with van der Waals surface area (Å²) in [5.74, 6) is 0. The first kappa shape index (κ1) is 9.48. The number of hydrogen-bond acceptors (Lipinski definition) is 3. The number of hydrogen-bond donors (Lipinski definition) is 2. The van der Waals surface area contributed by atoms with E-state index >= 15 is 0 Å². The van der Waals surface area contributed by atoms with Crippen LogP contribution < -0.4 is 4.72 Å². The smallest absolute Gasteiger partial charge is 0.116 e. The van der Waals surface area contributed by atoms with Crippen LogP contribution in [0.2, 0.25) is 0 Å². The zero-order valence-corrected chi connectivity index (χ0v) is 9.34. The van der Waals surface area contributed by atoms with Crippen LogP contribution in [0.4, 0.5) is 5.69 Å². The number of fused-ring (bicyclic) bond motifs is 3. The van der Waals surface area contributed by atoms with Gasteiger partial charge in [0.25, 0.3) is 0 Å². The van der Waals surface area contributed by atoms with Crippen molar-refractivity contribution >= 4 is 22.7 Å². The Balaban J connectivity index is 2.32. The average Bonchev–Trinajstić information content (AvgIpc) is 2.49. The minimum absolute atomic E-state index is 0.562. The van der Waals surface area contributed by atoms with E-state index in [1.165, 1.54) is 11.9 Å². The summed E-state index contributed by atoms with van der Waals surface area (Å²) in [6, 6.07) is 16.2. The molecule has 0 saturated heterocycles. The zero-order valence-electron chi connectivity index (χ0n) is 8.53. The highest BCUT2D eigenvalue weighted by Gasteiger charge is 2.16. The first-order chi connectivity index (χ1) is 7.86. The van der Waals surface area contributed by atoms with Crippen LogP contribution in [0.3, 0.4) is 0 Å². The van der Waals surface area contributed by atoms with Crippen LogP contribution in [-0.4, -0.2) is 5.04 Å². The second kappa shape index (κ2) is 3.68. The lowest BCUT2D eigenvalue weighted by Gasteiger charge is -2.07. The Kier molecular flexibility index (Phi) is 2.18. The molecular formula is C13H10N2S. The van der Waals surface area contributed by atoms with Gasteiger partial charge in [0, 0.05) is 23.1 Å². The molecule has 78 valence electrons. The van der Waals surface area contributed by atoms with Gasteiger partial charge in [0.1, 0.15) is 5.04 Å². The molecule has 1 heterocycles. The summed E-state index contributed by atoms with van der Waals surface area (Å²) in [4.78, 5) is 0. The fourth-order valence-electron chi connectivity index (χ4n) is 1.88. The van der Waals surface area contributed by atoms with Gasteiger partial charge in [-0.15, -0.1) is 0 Å². The van der Waals surface area contributed by atoms with E-state index in [1.807, 2.05) is 36.4 Å². The maximum atomic E-state index is 7.99. The lowest BCUT2D eigenvalue weighted by atomic mass is 9.99. The average molecular weight is 226 g/mol. The molecule has 0 amide bonds. The summed E-state index contributed by atoms with van der Waals surface area (Å²) in [6.45, 7) is 0. The van der Waals surface area contributed by atoms with E-state index in [4.69, 9.17) is 5.41 Å². The fraction of sp³-hybridized carbons (Fsp3) is 0. The predicted molar refractivity (Wildman–Crippen MR) is 69.9 cm³/mol. The van der Waals surface area contributed by atoms with Crippen LogP contribution in [0, 0.1) is 5.41 Å². The van der Waals surface area contributed by atoms with E-state index in [9.17, 15) is 0 Å². The van der Waals surface area contributed by atoms with Crippen molar-refractivity contribution in [2.24, 2.45) is 0 Å². The molecule has 0 fully saturated rings. The van der Waals surface area contributed by atoms with Gasteiger partial charge in [-0.3, -0.25) is 5.41 Å². The highest BCUT2D eigenvalue weighted by molar-refractivity contribution is 8.15. The molecule has 0 radical (unpaired) electrons. The van der Waals surface area contributed by atoms with Crippen LogP contribution in [0.25, 0.3) is 11.1 Å². The van der Waals surface area contributed by atoms with Crippen LogP contribution >= 0.6 is 11.9 Å². The van der Waals surface area contributed by atoms with Crippen molar-refractivity contribution in [3.8, 4) is 11.1 Å². The molecular weight excluding hydrogens is 216 g/mol. The highest BCUT2D eigenvalue weighted by Crippen LogP contribution is 2.36. The van der Waals surface area contributed by atoms with E-state index < -0.39 is 0 Å². The Bertz CT molecular complexity index is 563. The molecule has 0 atom stereocenters. The fourth-order valence-corrected chi connectivity index (χ4v) is 2.56. The molecule has 2 N–H and O–H groups in total. The molecule has 0 spiro atoms. The Labute approximate surface area is 98.3 Å². The maximum absolute atomic E-state index is 7.99. The largest absolute Gasteiger partial charge is 0.324 e. The van der Waals surface area contributed by atoms with Gasteiger partial charge in [-0.25, -0.2) is 0 Å². The van der Waals surface area contributed by atoms with Gasteiger partial charge in [0.2, 0.25) is 0 Å². The summed E-state index contributed by atoms with van der Waals surface area (Å²) < 4.78 is 3.21. The van der Waals surface area contributed by atoms with Gasteiger partial charge in [-0.05, 0) is 11.6 Å². The normalized spacial score (nSPS) is 13.4. The molecule has 0 aliphatic carbocycles. The number of para-hydroxylation sites is 1. The molecule has 0 unspecified atom stereocenters. The Morgan fingerprint density at radius 3 is 2.25 bits per heavy atom. The van der Waals surface area contributed by atoms with Crippen molar-refractivity contribution in [2.75, 3.05) is 4.72 Å². The van der Waals surface area contributed by atoms with Crippen molar-refractivity contribution < 1.29 is 0 Å². The molecule has 0 bridgehead atoms. The van der Waals surface area contributed by atoms with E-state index in [1.54, 1.807) is 0 Å². The van der Waals surface area contributed by atoms with Gasteiger partial charge >= 0.3 is 0 Å². The van der Waals surface area contributed by atoms with Crippen molar-refractivity contribution in [1.82, 2.24) is 0 Å². The van der Waals surface area contributed by atoms with Crippen LogP contribution in [0.1, 0.15) is 5.56 Å². The van der Waals surface area contributed by atoms with Crippen molar-refractivity contribution in [3.05, 3.63) is 54.1 Å². The second-order valence-electron chi connectivity index (χ2n) is 3.62. The van der Waals surface area contributed by atoms with Gasteiger partial charge in [-0.1, -0.05) is 42.5 Å². The molecule has 0 saturated carbocycles. The van der Waals surface area contributed by atoms with Crippen LogP contribution in [0.5, 0.6) is 0 Å². The summed E-state index contributed by atoms with van der Waals surface area (Å²) in [7, 11) is 0. The number of anilines is 1. The minimum atomic E-state index is 0.562. The molecule has 16 heavy (non-hydrogen) atoms. The summed E-state index contributed by atoms with van der Waals surface area (Å²) in [5, 5.41) is 8.55. The third-order valence-electron chi connectivity index (χ3n) is 2.65. The van der Waals surface area contributed by atoms with Gasteiger partial charge in [0.05, 0.1) is 5.69 Å². The minimum Gasteiger partial charge on any atom is -0.324 e. The highest BCUT2D eigenvalue weighted by atomic mass is 32.2. The van der Waals surface area contributed by atoms with Crippen molar-refractivity contribution in [1.29, 1.82) is 5.41 Å². The summed E-state index contributed by atoms with van der Waals surface area (Å²) in [5.41, 5.74) is 4.35. The lowest BCUT2D eigenvalue weighted by molar-refractivity contribution is 1.52. The molecule has 2 aromatic carbocycles. The van der Waals surface area contributed by atoms with Gasteiger partial charge in [0.15, 0.2) is 0 Å². The van der Waals surface area contributed by atoms with E-state index in [2.05, 4.69) is 16.9 Å². The Morgan fingerprint density at radius 1 is 0.812 bits per heavy atom. The van der Waals surface area contributed by atoms with Crippen molar-refractivity contribution in [2.45, 2.75) is 0 Å². The third-order valence-corrected chi connectivity index (χ3v) is 3.40. The second-order valence-corrected chi connectivity index (χ2v) is 4.44. The number of benzene rings is 2. The first-order valence-corrected chi connectivity index (χ1v) is 5.88. The molecule has 2 aromatic rings. The number of nitrogens with one attached hydrogen (secondary N) is 2. The van der Waals surface area contributed by atoms with E-state index in [0.29, 0.717) is 5.04 Å². The van der Waals surface area contributed by atoms with Crippen LogP contribution in [0.15, 0.2) is 48.5 Å². The quantitative estimate of drug-likeness (QED) is 0.671. The molecule has 0 aromatic heterocycles. The summed E-state index contributed by atoms with van der Waals surface area (Å²) in [6.07, 6.45) is 0. The Hall–Kier alpha value is -1.74. The number of rotatable bonds is 0. The molecule has 3 rings (SSSR count). The zero-order chi connectivity index (χ0) is 11.0. The van der Waals surface area contributed by atoms with E-state index in [-0.39, 0.29) is 0 Å². The topological polar surface area (TPSA) is 35.9 Å². The van der Waals surface area contributed by atoms with E-state index in [0.717, 1.165) is 22.4 Å². The van der Waals surface area contributed by atoms with Gasteiger partial charge < -0.3 is 4.72 Å². The molecule has 1 aliphatic heterocycles. The predicted octanol–water partition coefficient (Wildman–Crippen LogP) is 3.75.